The Bertz CT molecular complexity index is 922. The van der Waals surface area contributed by atoms with Gasteiger partial charge in [0.1, 0.15) is 0 Å². The van der Waals surface area contributed by atoms with Gasteiger partial charge in [-0.05, 0) is 104 Å². The maximum Gasteiger partial charge on any atom is 0.165 e. The van der Waals surface area contributed by atoms with Crippen LogP contribution in [0.25, 0.3) is 0 Å². The highest BCUT2D eigenvalue weighted by atomic mass is 19.2. The lowest BCUT2D eigenvalue weighted by Gasteiger charge is -2.31. The van der Waals surface area contributed by atoms with Crippen LogP contribution >= 0.6 is 0 Å². The summed E-state index contributed by atoms with van der Waals surface area (Å²) in [5.41, 5.74) is 1.99. The van der Waals surface area contributed by atoms with Gasteiger partial charge >= 0.3 is 0 Å². The second kappa shape index (κ2) is 9.50. The third kappa shape index (κ3) is 4.53. The summed E-state index contributed by atoms with van der Waals surface area (Å²) >= 11 is 0. The molecule has 2 saturated carbocycles. The molecule has 2 aromatic carbocycles. The highest BCUT2D eigenvalue weighted by Gasteiger charge is 2.30. The summed E-state index contributed by atoms with van der Waals surface area (Å²) in [5, 5.41) is 0. The minimum absolute atomic E-state index is 0.0133. The first-order valence-electron chi connectivity index (χ1n) is 11.5. The van der Waals surface area contributed by atoms with E-state index in [1.807, 2.05) is 24.3 Å². The lowest BCUT2D eigenvalue weighted by Crippen LogP contribution is -2.16. The van der Waals surface area contributed by atoms with Gasteiger partial charge in [0.05, 0.1) is 7.11 Å². The smallest absolute Gasteiger partial charge is 0.165 e. The number of benzene rings is 2. The molecule has 0 atom stereocenters. The van der Waals surface area contributed by atoms with Gasteiger partial charge in [0.15, 0.2) is 23.2 Å². The maximum atomic E-state index is 15.0. The van der Waals surface area contributed by atoms with E-state index >= 15 is 4.39 Å². The summed E-state index contributed by atoms with van der Waals surface area (Å²) < 4.78 is 49.1. The van der Waals surface area contributed by atoms with Crippen molar-refractivity contribution in [3.63, 3.8) is 0 Å². The van der Waals surface area contributed by atoms with Gasteiger partial charge in [0.2, 0.25) is 0 Å². The summed E-state index contributed by atoms with van der Waals surface area (Å²) in [5.74, 6) is -0.580. The highest BCUT2D eigenvalue weighted by Crippen LogP contribution is 2.44. The Morgan fingerprint density at radius 3 is 1.77 bits per heavy atom. The number of ether oxygens (including phenoxy) is 1. The molecule has 0 saturated heterocycles. The third-order valence-corrected chi connectivity index (χ3v) is 7.50. The fourth-order valence-electron chi connectivity index (χ4n) is 5.55. The van der Waals surface area contributed by atoms with E-state index in [1.54, 1.807) is 12.1 Å². The monoisotopic (exact) mass is 428 g/mol. The molecule has 0 amide bonds. The molecule has 31 heavy (non-hydrogen) atoms. The average molecular weight is 429 g/mol. The van der Waals surface area contributed by atoms with Crippen molar-refractivity contribution in [2.24, 2.45) is 5.92 Å². The summed E-state index contributed by atoms with van der Waals surface area (Å²) in [6, 6.07) is 8.74. The molecule has 0 radical (unpaired) electrons. The van der Waals surface area contributed by atoms with E-state index in [4.69, 9.17) is 4.74 Å². The van der Waals surface area contributed by atoms with E-state index in [0.717, 1.165) is 56.9 Å². The molecule has 166 valence electrons. The zero-order valence-electron chi connectivity index (χ0n) is 18.2. The number of methoxy groups -OCH3 is 1. The molecule has 0 N–H and O–H groups in total. The van der Waals surface area contributed by atoms with Crippen LogP contribution in [0.1, 0.15) is 85.8 Å². The predicted molar refractivity (Wildman–Crippen MR) is 118 cm³/mol. The molecule has 4 rings (SSSR count). The number of hydrogen-bond donors (Lipinski definition) is 0. The second-order valence-electron chi connectivity index (χ2n) is 9.16. The van der Waals surface area contributed by atoms with Crippen LogP contribution in [0.4, 0.5) is 13.2 Å². The molecule has 2 aromatic rings. The summed E-state index contributed by atoms with van der Waals surface area (Å²) in [7, 11) is 1.45. The molecule has 1 nitrogen and oxygen atoms in total. The summed E-state index contributed by atoms with van der Waals surface area (Å²) in [4.78, 5) is 0. The first-order chi connectivity index (χ1) is 15.0. The van der Waals surface area contributed by atoms with Gasteiger partial charge in [-0.2, -0.15) is 0 Å². The van der Waals surface area contributed by atoms with Crippen LogP contribution in [0.5, 0.6) is 5.75 Å². The van der Waals surface area contributed by atoms with E-state index in [2.05, 4.69) is 6.58 Å². The van der Waals surface area contributed by atoms with E-state index in [0.29, 0.717) is 17.0 Å². The normalized spacial score (nSPS) is 26.5. The number of hydrogen-bond acceptors (Lipinski definition) is 1. The zero-order valence-corrected chi connectivity index (χ0v) is 18.2. The van der Waals surface area contributed by atoms with Crippen LogP contribution < -0.4 is 4.74 Å². The lowest BCUT2D eigenvalue weighted by molar-refractivity contribution is 0.357. The molecule has 0 spiro atoms. The molecule has 0 aliphatic heterocycles. The molecule has 4 heteroatoms. The Morgan fingerprint density at radius 1 is 0.774 bits per heavy atom. The zero-order chi connectivity index (χ0) is 22.0. The Morgan fingerprint density at radius 2 is 1.29 bits per heavy atom. The van der Waals surface area contributed by atoms with E-state index < -0.39 is 11.6 Å². The Hall–Kier alpha value is -2.23. The van der Waals surface area contributed by atoms with Crippen molar-refractivity contribution in [1.29, 1.82) is 0 Å². The Labute approximate surface area is 183 Å². The molecule has 0 heterocycles. The topological polar surface area (TPSA) is 9.23 Å². The number of rotatable bonds is 5. The first-order valence-corrected chi connectivity index (χ1v) is 11.5. The predicted octanol–water partition coefficient (Wildman–Crippen LogP) is 8.01. The SMILES string of the molecule is C=CC1CCC(c2ccc(C3CCC(c4ccc(OC)c(F)c4)CC3)c(F)c2F)CC1. The summed E-state index contributed by atoms with van der Waals surface area (Å²) in [6.45, 7) is 3.86. The number of allylic oxidation sites excluding steroid dienone is 1. The quantitative estimate of drug-likeness (QED) is 0.438. The number of halogens is 3. The van der Waals surface area contributed by atoms with E-state index in [1.165, 1.54) is 7.11 Å². The molecule has 2 aliphatic rings. The standard InChI is InChI=1S/C27H31F3O/c1-3-17-4-6-19(7-5-17)22-13-14-23(27(30)26(22)29)20-10-8-18(9-11-20)21-12-15-25(31-2)24(28)16-21/h3,12-20H,1,4-11H2,2H3. The Balaban J connectivity index is 1.43. The van der Waals surface area contributed by atoms with Crippen LogP contribution in [-0.4, -0.2) is 7.11 Å². The largest absolute Gasteiger partial charge is 0.494 e. The van der Waals surface area contributed by atoms with Crippen molar-refractivity contribution < 1.29 is 17.9 Å². The first kappa shape index (κ1) is 22.0. The lowest BCUT2D eigenvalue weighted by atomic mass is 9.75. The minimum atomic E-state index is -0.665. The van der Waals surface area contributed by atoms with Crippen molar-refractivity contribution in [1.82, 2.24) is 0 Å². The van der Waals surface area contributed by atoms with Gasteiger partial charge in [-0.1, -0.05) is 24.3 Å². The average Bonchev–Trinajstić information content (AvgIpc) is 2.81. The fourth-order valence-corrected chi connectivity index (χ4v) is 5.55. The van der Waals surface area contributed by atoms with Crippen LogP contribution in [-0.2, 0) is 0 Å². The van der Waals surface area contributed by atoms with E-state index in [-0.39, 0.29) is 29.3 Å². The molecule has 0 bridgehead atoms. The molecule has 0 aromatic heterocycles. The molecule has 2 fully saturated rings. The van der Waals surface area contributed by atoms with Gasteiger partial charge in [-0.15, -0.1) is 6.58 Å². The van der Waals surface area contributed by atoms with E-state index in [9.17, 15) is 8.78 Å². The Kier molecular flexibility index (Phi) is 6.74. The van der Waals surface area contributed by atoms with Crippen molar-refractivity contribution in [3.8, 4) is 5.75 Å². The third-order valence-electron chi connectivity index (χ3n) is 7.50. The summed E-state index contributed by atoms with van der Waals surface area (Å²) in [6.07, 6.45) is 8.96. The van der Waals surface area contributed by atoms with Gasteiger partial charge < -0.3 is 4.74 Å². The van der Waals surface area contributed by atoms with Crippen molar-refractivity contribution in [2.75, 3.05) is 7.11 Å². The van der Waals surface area contributed by atoms with Crippen LogP contribution in [0.3, 0.4) is 0 Å². The van der Waals surface area contributed by atoms with Crippen molar-refractivity contribution in [3.05, 3.63) is 77.1 Å². The highest BCUT2D eigenvalue weighted by molar-refractivity contribution is 5.34. The molecular formula is C27H31F3O. The molecular weight excluding hydrogens is 397 g/mol. The van der Waals surface area contributed by atoms with Gasteiger partial charge in [0, 0.05) is 0 Å². The van der Waals surface area contributed by atoms with Crippen molar-refractivity contribution in [2.45, 2.75) is 69.1 Å². The minimum Gasteiger partial charge on any atom is -0.494 e. The van der Waals surface area contributed by atoms with Crippen LogP contribution in [0, 0.1) is 23.4 Å². The molecule has 2 aliphatic carbocycles. The molecule has 0 unspecified atom stereocenters. The van der Waals surface area contributed by atoms with Crippen LogP contribution in [0.15, 0.2) is 43.0 Å². The van der Waals surface area contributed by atoms with Crippen LogP contribution in [0.2, 0.25) is 0 Å². The maximum absolute atomic E-state index is 15.0. The fraction of sp³-hybridized carbons (Fsp3) is 0.481. The van der Waals surface area contributed by atoms with Gasteiger partial charge in [0.25, 0.3) is 0 Å². The van der Waals surface area contributed by atoms with Gasteiger partial charge in [-0.25, -0.2) is 13.2 Å². The second-order valence-corrected chi connectivity index (χ2v) is 9.16. The van der Waals surface area contributed by atoms with Crippen molar-refractivity contribution >= 4 is 0 Å². The van der Waals surface area contributed by atoms with Gasteiger partial charge in [-0.3, -0.25) is 0 Å².